The first-order valence-corrected chi connectivity index (χ1v) is 8.67. The lowest BCUT2D eigenvalue weighted by atomic mass is 9.77. The van der Waals surface area contributed by atoms with Crippen LogP contribution in [0.1, 0.15) is 36.0 Å². The van der Waals surface area contributed by atoms with Crippen LogP contribution in [-0.2, 0) is 0 Å². The van der Waals surface area contributed by atoms with E-state index in [9.17, 15) is 4.79 Å². The molecule has 4 aliphatic rings. The zero-order chi connectivity index (χ0) is 15.4. The number of piperidine rings is 3. The zero-order valence-electron chi connectivity index (χ0n) is 13.2. The molecule has 6 rings (SSSR count). The Hall–Kier alpha value is -1.94. The largest absolute Gasteiger partial charge is 0.347 e. The van der Waals surface area contributed by atoms with Crippen molar-refractivity contribution in [2.24, 2.45) is 5.92 Å². The summed E-state index contributed by atoms with van der Waals surface area (Å²) in [6.45, 7) is 2.43. The molecule has 4 nitrogen and oxygen atoms in total. The van der Waals surface area contributed by atoms with Crippen LogP contribution in [0.5, 0.6) is 0 Å². The van der Waals surface area contributed by atoms with Gasteiger partial charge < -0.3 is 5.32 Å². The lowest BCUT2D eigenvalue weighted by Gasteiger charge is -2.52. The summed E-state index contributed by atoms with van der Waals surface area (Å²) in [6.07, 6.45) is 6.64. The van der Waals surface area contributed by atoms with Crippen molar-refractivity contribution < 1.29 is 4.79 Å². The average Bonchev–Trinajstić information content (AvgIpc) is 3.39. The molecule has 23 heavy (non-hydrogen) atoms. The van der Waals surface area contributed by atoms with Crippen molar-refractivity contribution in [1.82, 2.24) is 15.2 Å². The molecule has 1 spiro atoms. The second-order valence-corrected chi connectivity index (χ2v) is 7.30. The number of carbonyl (C=O) groups excluding carboxylic acids is 1. The maximum atomic E-state index is 12.8. The number of fused-ring (bicyclic) bond motifs is 3. The molecule has 1 aliphatic carbocycles. The van der Waals surface area contributed by atoms with E-state index in [-0.39, 0.29) is 11.4 Å². The van der Waals surface area contributed by atoms with Gasteiger partial charge in [0.15, 0.2) is 0 Å². The normalized spacial score (nSPS) is 30.5. The Kier molecular flexibility index (Phi) is 2.80. The molecule has 1 saturated carbocycles. The van der Waals surface area contributed by atoms with Crippen molar-refractivity contribution in [2.45, 2.75) is 37.3 Å². The summed E-state index contributed by atoms with van der Waals surface area (Å²) in [4.78, 5) is 19.8. The quantitative estimate of drug-likeness (QED) is 0.927. The van der Waals surface area contributed by atoms with Crippen molar-refractivity contribution in [1.29, 1.82) is 0 Å². The van der Waals surface area contributed by atoms with Gasteiger partial charge in [0.1, 0.15) is 0 Å². The predicted octanol–water partition coefficient (Wildman–Crippen LogP) is 2.59. The van der Waals surface area contributed by atoms with Crippen molar-refractivity contribution in [2.75, 3.05) is 13.1 Å². The number of benzene rings is 1. The number of pyridine rings is 1. The van der Waals surface area contributed by atoms with Crippen LogP contribution in [0.15, 0.2) is 36.5 Å². The fourth-order valence-corrected chi connectivity index (χ4v) is 4.74. The topological polar surface area (TPSA) is 45.2 Å². The van der Waals surface area contributed by atoms with Gasteiger partial charge in [-0.3, -0.25) is 14.7 Å². The first-order valence-electron chi connectivity index (χ1n) is 8.67. The summed E-state index contributed by atoms with van der Waals surface area (Å²) in [5, 5.41) is 4.39. The lowest BCUT2D eigenvalue weighted by molar-refractivity contribution is -0.00145. The molecule has 1 aromatic carbocycles. The minimum absolute atomic E-state index is 0.0354. The Morgan fingerprint density at radius 2 is 2.00 bits per heavy atom. The summed E-state index contributed by atoms with van der Waals surface area (Å²) in [5.41, 5.74) is 1.89. The molecule has 3 saturated heterocycles. The van der Waals surface area contributed by atoms with Crippen LogP contribution in [-0.4, -0.2) is 40.5 Å². The fourth-order valence-electron chi connectivity index (χ4n) is 4.74. The van der Waals surface area contributed by atoms with E-state index in [0.29, 0.717) is 17.5 Å². The van der Waals surface area contributed by atoms with E-state index in [4.69, 9.17) is 0 Å². The number of hydrogen-bond donors (Lipinski definition) is 1. The second-order valence-electron chi connectivity index (χ2n) is 7.30. The van der Waals surface area contributed by atoms with Gasteiger partial charge in [-0.25, -0.2) is 0 Å². The maximum Gasteiger partial charge on any atom is 0.253 e. The van der Waals surface area contributed by atoms with Crippen molar-refractivity contribution in [3.8, 4) is 0 Å². The Balaban J connectivity index is 1.42. The molecule has 4 fully saturated rings. The van der Waals surface area contributed by atoms with Crippen LogP contribution < -0.4 is 5.32 Å². The molecule has 4 heterocycles. The monoisotopic (exact) mass is 307 g/mol. The second kappa shape index (κ2) is 4.78. The van der Waals surface area contributed by atoms with E-state index >= 15 is 0 Å². The van der Waals surface area contributed by atoms with Crippen LogP contribution in [0.25, 0.3) is 10.9 Å². The zero-order valence-corrected chi connectivity index (χ0v) is 13.2. The summed E-state index contributed by atoms with van der Waals surface area (Å²) in [6, 6.07) is 10.2. The van der Waals surface area contributed by atoms with Gasteiger partial charge in [-0.15, -0.1) is 0 Å². The number of amides is 1. The fraction of sp³-hybridized carbons (Fsp3) is 0.474. The van der Waals surface area contributed by atoms with E-state index in [1.807, 2.05) is 30.3 Å². The van der Waals surface area contributed by atoms with Crippen LogP contribution in [0.2, 0.25) is 0 Å². The molecule has 1 unspecified atom stereocenters. The first-order chi connectivity index (χ1) is 11.3. The molecular formula is C19H21N3O. The van der Waals surface area contributed by atoms with E-state index < -0.39 is 0 Å². The van der Waals surface area contributed by atoms with Gasteiger partial charge in [0.25, 0.3) is 5.91 Å². The minimum Gasteiger partial charge on any atom is -0.347 e. The van der Waals surface area contributed by atoms with E-state index in [2.05, 4.69) is 15.2 Å². The number of nitrogens with one attached hydrogen (secondary N) is 1. The molecule has 1 aromatic heterocycles. The molecule has 4 heteroatoms. The molecule has 1 amide bonds. The van der Waals surface area contributed by atoms with Gasteiger partial charge >= 0.3 is 0 Å². The van der Waals surface area contributed by atoms with Gasteiger partial charge in [0, 0.05) is 17.1 Å². The molecule has 0 radical (unpaired) electrons. The summed E-state index contributed by atoms with van der Waals surface area (Å²) in [7, 11) is 0. The lowest BCUT2D eigenvalue weighted by Crippen LogP contribution is -2.65. The third kappa shape index (κ3) is 2.01. The number of hydrogen-bond acceptors (Lipinski definition) is 3. The highest BCUT2D eigenvalue weighted by Crippen LogP contribution is 2.53. The molecule has 1 N–H and O–H groups in total. The number of aromatic nitrogens is 1. The number of rotatable bonds is 2. The van der Waals surface area contributed by atoms with E-state index in [1.165, 1.54) is 38.8 Å². The maximum absolute atomic E-state index is 12.8. The number of para-hydroxylation sites is 1. The highest BCUT2D eigenvalue weighted by Gasteiger charge is 2.60. The Morgan fingerprint density at radius 1 is 1.22 bits per heavy atom. The predicted molar refractivity (Wildman–Crippen MR) is 89.3 cm³/mol. The Bertz CT molecular complexity index is 775. The Labute approximate surface area is 135 Å². The summed E-state index contributed by atoms with van der Waals surface area (Å²) >= 11 is 0. The van der Waals surface area contributed by atoms with Crippen LogP contribution in [0.3, 0.4) is 0 Å². The Morgan fingerprint density at radius 3 is 2.78 bits per heavy atom. The summed E-state index contributed by atoms with van der Waals surface area (Å²) < 4.78 is 0. The standard InChI is InChI=1S/C19H21N3O/c23-18(15-11-14-3-1-2-4-16(14)20-12-15)21-17-13-5-9-22(10-6-13)19(17)7-8-19/h1-4,11-13,17H,5-10H2,(H,21,23). The van der Waals surface area contributed by atoms with Crippen molar-refractivity contribution in [3.63, 3.8) is 0 Å². The van der Waals surface area contributed by atoms with Gasteiger partial charge in [-0.1, -0.05) is 18.2 Å². The summed E-state index contributed by atoms with van der Waals surface area (Å²) in [5.74, 6) is 0.688. The molecule has 1 atom stereocenters. The smallest absolute Gasteiger partial charge is 0.253 e. The molecule has 2 bridgehead atoms. The third-order valence-corrected chi connectivity index (χ3v) is 6.12. The molecule has 2 aromatic rings. The van der Waals surface area contributed by atoms with E-state index in [0.717, 1.165) is 10.9 Å². The van der Waals surface area contributed by atoms with Gasteiger partial charge in [0.2, 0.25) is 0 Å². The SMILES string of the molecule is O=C(NC1C2CCN(CC2)C12CC2)c1cnc2ccccc2c1. The third-order valence-electron chi connectivity index (χ3n) is 6.12. The van der Waals surface area contributed by atoms with Gasteiger partial charge in [0.05, 0.1) is 17.1 Å². The first kappa shape index (κ1) is 13.5. The average molecular weight is 307 g/mol. The van der Waals surface area contributed by atoms with Crippen LogP contribution in [0, 0.1) is 5.92 Å². The molecule has 3 aliphatic heterocycles. The minimum atomic E-state index is 0.0354. The highest BCUT2D eigenvalue weighted by atomic mass is 16.1. The van der Waals surface area contributed by atoms with Crippen LogP contribution in [0.4, 0.5) is 0 Å². The molecular weight excluding hydrogens is 286 g/mol. The van der Waals surface area contributed by atoms with Crippen molar-refractivity contribution >= 4 is 16.8 Å². The van der Waals surface area contributed by atoms with Gasteiger partial charge in [-0.05, 0) is 56.8 Å². The number of nitrogens with zero attached hydrogens (tertiary/aromatic N) is 2. The molecule has 118 valence electrons. The van der Waals surface area contributed by atoms with Crippen molar-refractivity contribution in [3.05, 3.63) is 42.1 Å². The van der Waals surface area contributed by atoms with Gasteiger partial charge in [-0.2, -0.15) is 0 Å². The van der Waals surface area contributed by atoms with E-state index in [1.54, 1.807) is 6.20 Å². The van der Waals surface area contributed by atoms with Crippen LogP contribution >= 0.6 is 0 Å². The highest BCUT2D eigenvalue weighted by molar-refractivity contribution is 5.97. The number of carbonyl (C=O) groups is 1.